The zero-order chi connectivity index (χ0) is 14.7. The first-order valence-corrected chi connectivity index (χ1v) is 7.24. The van der Waals surface area contributed by atoms with Crippen LogP contribution < -0.4 is 0 Å². The van der Waals surface area contributed by atoms with Gasteiger partial charge in [0.05, 0.1) is 0 Å². The van der Waals surface area contributed by atoms with Crippen LogP contribution in [0.1, 0.15) is 9.75 Å². The molecule has 0 saturated carbocycles. The van der Waals surface area contributed by atoms with E-state index < -0.39 is 0 Å². The Morgan fingerprint density at radius 3 is 1.33 bits per heavy atom. The Morgan fingerprint density at radius 2 is 1.00 bits per heavy atom. The van der Waals surface area contributed by atoms with Crippen molar-refractivity contribution >= 4 is 11.3 Å². The van der Waals surface area contributed by atoms with Gasteiger partial charge in [-0.2, -0.15) is 10.5 Å². The Kier molecular flexibility index (Phi) is 3.51. The van der Waals surface area contributed by atoms with Gasteiger partial charge in [-0.15, -0.1) is 11.3 Å². The maximum Gasteiger partial charge on any atom is 0.114 e. The Bertz CT molecular complexity index is 778. The first kappa shape index (κ1) is 13.1. The third-order valence-corrected chi connectivity index (χ3v) is 4.24. The Hall–Kier alpha value is -2.88. The summed E-state index contributed by atoms with van der Waals surface area (Å²) in [5, 5.41) is 18.8. The van der Waals surface area contributed by atoms with Crippen LogP contribution >= 0.6 is 11.3 Å². The molecule has 0 spiro atoms. The molecule has 0 aliphatic rings. The van der Waals surface area contributed by atoms with Crippen molar-refractivity contribution in [3.05, 3.63) is 70.4 Å². The van der Waals surface area contributed by atoms with Gasteiger partial charge >= 0.3 is 0 Å². The summed E-state index contributed by atoms with van der Waals surface area (Å²) in [7, 11) is 0. The van der Waals surface area contributed by atoms with Crippen molar-refractivity contribution in [1.82, 2.24) is 0 Å². The fourth-order valence-corrected chi connectivity index (χ4v) is 3.29. The molecule has 2 nitrogen and oxygen atoms in total. The van der Waals surface area contributed by atoms with E-state index in [9.17, 15) is 10.5 Å². The molecule has 0 atom stereocenters. The fourth-order valence-electron chi connectivity index (χ4n) is 2.35. The van der Waals surface area contributed by atoms with Crippen LogP contribution in [0.3, 0.4) is 0 Å². The Balaban J connectivity index is 2.36. The molecule has 0 saturated heterocycles. The monoisotopic (exact) mass is 286 g/mol. The lowest BCUT2D eigenvalue weighted by molar-refractivity contribution is 1.51. The third kappa shape index (κ3) is 2.31. The van der Waals surface area contributed by atoms with Crippen LogP contribution in [0.2, 0.25) is 0 Å². The number of rotatable bonds is 2. The molecule has 3 heteroatoms. The average molecular weight is 286 g/mol. The minimum absolute atomic E-state index is 0.580. The lowest BCUT2D eigenvalue weighted by Crippen LogP contribution is -1.84. The molecule has 1 aromatic heterocycles. The fraction of sp³-hybridized carbons (Fsp3) is 0. The van der Waals surface area contributed by atoms with E-state index in [0.29, 0.717) is 9.75 Å². The van der Waals surface area contributed by atoms with E-state index in [-0.39, 0.29) is 0 Å². The summed E-state index contributed by atoms with van der Waals surface area (Å²) in [5.74, 6) is 0. The first-order chi connectivity index (χ1) is 10.3. The average Bonchev–Trinajstić information content (AvgIpc) is 2.95. The molecule has 98 valence electrons. The van der Waals surface area contributed by atoms with Crippen molar-refractivity contribution in [2.75, 3.05) is 0 Å². The number of benzene rings is 2. The van der Waals surface area contributed by atoms with E-state index >= 15 is 0 Å². The normalized spacial score (nSPS) is 9.81. The Labute approximate surface area is 127 Å². The molecule has 0 aliphatic heterocycles. The van der Waals surface area contributed by atoms with E-state index in [1.807, 2.05) is 60.7 Å². The zero-order valence-electron chi connectivity index (χ0n) is 11.1. The minimum atomic E-state index is 0.580. The molecular weight excluding hydrogens is 276 g/mol. The maximum absolute atomic E-state index is 9.41. The molecule has 0 fully saturated rings. The van der Waals surface area contributed by atoms with Crippen LogP contribution in [-0.4, -0.2) is 0 Å². The number of thiophene rings is 1. The van der Waals surface area contributed by atoms with E-state index in [1.165, 1.54) is 11.3 Å². The van der Waals surface area contributed by atoms with Crippen LogP contribution in [0, 0.1) is 22.7 Å². The predicted octanol–water partition coefficient (Wildman–Crippen LogP) is 4.83. The van der Waals surface area contributed by atoms with Crippen LogP contribution in [0.5, 0.6) is 0 Å². The van der Waals surface area contributed by atoms with Gasteiger partial charge in [0.15, 0.2) is 0 Å². The van der Waals surface area contributed by atoms with E-state index in [1.54, 1.807) is 0 Å². The highest BCUT2D eigenvalue weighted by Gasteiger charge is 2.20. The van der Waals surface area contributed by atoms with Gasteiger partial charge in [-0.3, -0.25) is 0 Å². The van der Waals surface area contributed by atoms with Crippen molar-refractivity contribution in [1.29, 1.82) is 10.5 Å². The first-order valence-electron chi connectivity index (χ1n) is 6.43. The van der Waals surface area contributed by atoms with E-state index in [0.717, 1.165) is 22.3 Å². The number of hydrogen-bond donors (Lipinski definition) is 0. The van der Waals surface area contributed by atoms with Gasteiger partial charge in [-0.25, -0.2) is 0 Å². The molecule has 3 rings (SSSR count). The summed E-state index contributed by atoms with van der Waals surface area (Å²) in [6.07, 6.45) is 0. The molecule has 3 aromatic rings. The highest BCUT2D eigenvalue weighted by Crippen LogP contribution is 2.42. The van der Waals surface area contributed by atoms with Gasteiger partial charge in [0.1, 0.15) is 21.9 Å². The summed E-state index contributed by atoms with van der Waals surface area (Å²) in [4.78, 5) is 1.16. The van der Waals surface area contributed by atoms with Crippen LogP contribution in [0.4, 0.5) is 0 Å². The summed E-state index contributed by atoms with van der Waals surface area (Å²) in [5.41, 5.74) is 3.63. The SMILES string of the molecule is N#Cc1sc(C#N)c(-c2ccccc2)c1-c1ccccc1. The summed E-state index contributed by atoms with van der Waals surface area (Å²) < 4.78 is 0. The number of hydrogen-bond acceptors (Lipinski definition) is 3. The molecule has 0 unspecified atom stereocenters. The smallest absolute Gasteiger partial charge is 0.114 e. The second-order valence-corrected chi connectivity index (χ2v) is 5.49. The third-order valence-electron chi connectivity index (χ3n) is 3.24. The van der Waals surface area contributed by atoms with Gasteiger partial charge in [-0.05, 0) is 11.1 Å². The Morgan fingerprint density at radius 1 is 0.619 bits per heavy atom. The molecular formula is C18H10N2S. The quantitative estimate of drug-likeness (QED) is 0.677. The lowest BCUT2D eigenvalue weighted by atomic mass is 9.95. The summed E-state index contributed by atoms with van der Waals surface area (Å²) in [6.45, 7) is 0. The molecule has 0 radical (unpaired) electrons. The maximum atomic E-state index is 9.41. The molecule has 0 amide bonds. The van der Waals surface area contributed by atoms with Crippen molar-refractivity contribution in [2.24, 2.45) is 0 Å². The van der Waals surface area contributed by atoms with E-state index in [2.05, 4.69) is 12.1 Å². The summed E-state index contributed by atoms with van der Waals surface area (Å²) >= 11 is 1.25. The van der Waals surface area contributed by atoms with Crippen LogP contribution in [0.25, 0.3) is 22.3 Å². The standard InChI is InChI=1S/C18H10N2S/c19-11-15-17(13-7-3-1-4-8-13)18(16(12-20)21-15)14-9-5-2-6-10-14/h1-10H. The second-order valence-electron chi connectivity index (χ2n) is 4.47. The van der Waals surface area contributed by atoms with Gasteiger partial charge in [0, 0.05) is 11.1 Å². The van der Waals surface area contributed by atoms with Crippen LogP contribution in [0.15, 0.2) is 60.7 Å². The van der Waals surface area contributed by atoms with E-state index in [4.69, 9.17) is 0 Å². The highest BCUT2D eigenvalue weighted by atomic mass is 32.1. The van der Waals surface area contributed by atoms with Gasteiger partial charge in [-0.1, -0.05) is 60.7 Å². The molecule has 0 N–H and O–H groups in total. The molecule has 2 aromatic carbocycles. The van der Waals surface area contributed by atoms with Gasteiger partial charge < -0.3 is 0 Å². The predicted molar refractivity (Wildman–Crippen MR) is 84.6 cm³/mol. The number of nitriles is 2. The highest BCUT2D eigenvalue weighted by molar-refractivity contribution is 7.14. The molecule has 0 bridgehead atoms. The molecule has 21 heavy (non-hydrogen) atoms. The van der Waals surface area contributed by atoms with Gasteiger partial charge in [0.25, 0.3) is 0 Å². The van der Waals surface area contributed by atoms with Crippen LogP contribution in [-0.2, 0) is 0 Å². The topological polar surface area (TPSA) is 47.6 Å². The van der Waals surface area contributed by atoms with Crippen molar-refractivity contribution < 1.29 is 0 Å². The van der Waals surface area contributed by atoms with Crippen molar-refractivity contribution in [3.63, 3.8) is 0 Å². The molecule has 1 heterocycles. The summed E-state index contributed by atoms with van der Waals surface area (Å²) in [6, 6.07) is 24.0. The minimum Gasteiger partial charge on any atom is -0.192 e. The lowest BCUT2D eigenvalue weighted by Gasteiger charge is -2.06. The van der Waals surface area contributed by atoms with Crippen molar-refractivity contribution in [3.8, 4) is 34.4 Å². The largest absolute Gasteiger partial charge is 0.192 e. The molecule has 0 aliphatic carbocycles. The number of nitrogens with zero attached hydrogens (tertiary/aromatic N) is 2. The zero-order valence-corrected chi connectivity index (χ0v) is 11.9. The van der Waals surface area contributed by atoms with Gasteiger partial charge in [0.2, 0.25) is 0 Å². The van der Waals surface area contributed by atoms with Crippen molar-refractivity contribution in [2.45, 2.75) is 0 Å². The second kappa shape index (κ2) is 5.63.